The van der Waals surface area contributed by atoms with Crippen LogP contribution in [0.3, 0.4) is 0 Å². The van der Waals surface area contributed by atoms with Gasteiger partial charge >= 0.3 is 0 Å². The van der Waals surface area contributed by atoms with Gasteiger partial charge in [-0.05, 0) is 43.3 Å². The van der Waals surface area contributed by atoms with E-state index in [-0.39, 0.29) is 4.90 Å². The van der Waals surface area contributed by atoms with E-state index >= 15 is 0 Å². The highest BCUT2D eigenvalue weighted by molar-refractivity contribution is 7.89. The fourth-order valence-corrected chi connectivity index (χ4v) is 5.22. The molecule has 1 heterocycles. The molecule has 0 radical (unpaired) electrons. The predicted octanol–water partition coefficient (Wildman–Crippen LogP) is 3.48. The molecule has 8 nitrogen and oxygen atoms in total. The van der Waals surface area contributed by atoms with Crippen molar-refractivity contribution in [2.24, 2.45) is 0 Å². The molecule has 0 unspecified atom stereocenters. The van der Waals surface area contributed by atoms with E-state index in [0.29, 0.717) is 36.1 Å². The Morgan fingerprint density at radius 3 is 2.43 bits per heavy atom. The standard InChI is InChI=1S/C20H24N4O4S2/c1-4-24(5-2)30(26,27)15-12-10-14(11-13-15)19(25)22-23-20-21-18-16(28-6-3)8-7-9-17(18)29-20/h7-13H,4-6H2,1-3H3,(H,21,23)(H,22,25). The molecule has 10 heteroatoms. The van der Waals surface area contributed by atoms with Crippen LogP contribution in [0.5, 0.6) is 5.75 Å². The van der Waals surface area contributed by atoms with Crippen LogP contribution in [0, 0.1) is 0 Å². The van der Waals surface area contributed by atoms with Crippen molar-refractivity contribution in [1.82, 2.24) is 14.7 Å². The zero-order valence-electron chi connectivity index (χ0n) is 17.0. The summed E-state index contributed by atoms with van der Waals surface area (Å²) in [7, 11) is -3.56. The number of hydrogen-bond acceptors (Lipinski definition) is 7. The first-order valence-electron chi connectivity index (χ1n) is 9.59. The normalized spacial score (nSPS) is 11.6. The molecule has 0 bridgehead atoms. The summed E-state index contributed by atoms with van der Waals surface area (Å²) in [6.45, 7) is 6.79. The Morgan fingerprint density at radius 2 is 1.80 bits per heavy atom. The highest BCUT2D eigenvalue weighted by Crippen LogP contribution is 2.32. The SMILES string of the molecule is CCOc1cccc2sc(NNC(=O)c3ccc(S(=O)(=O)N(CC)CC)cc3)nc12. The van der Waals surface area contributed by atoms with Gasteiger partial charge in [0.25, 0.3) is 5.91 Å². The second-order valence-corrected chi connectivity index (χ2v) is 9.22. The van der Waals surface area contributed by atoms with E-state index < -0.39 is 15.9 Å². The predicted molar refractivity (Wildman–Crippen MR) is 118 cm³/mol. The lowest BCUT2D eigenvalue weighted by molar-refractivity contribution is 0.0962. The van der Waals surface area contributed by atoms with Crippen molar-refractivity contribution in [2.75, 3.05) is 25.1 Å². The first-order valence-corrected chi connectivity index (χ1v) is 11.8. The summed E-state index contributed by atoms with van der Waals surface area (Å²) in [4.78, 5) is 17.1. The van der Waals surface area contributed by atoms with Gasteiger partial charge in [-0.1, -0.05) is 31.3 Å². The minimum Gasteiger partial charge on any atom is -0.492 e. The molecule has 1 aromatic heterocycles. The largest absolute Gasteiger partial charge is 0.492 e. The van der Waals surface area contributed by atoms with E-state index in [2.05, 4.69) is 15.8 Å². The third kappa shape index (κ3) is 4.55. The Kier molecular flexibility index (Phi) is 6.91. The average molecular weight is 449 g/mol. The molecule has 2 aromatic carbocycles. The highest BCUT2D eigenvalue weighted by Gasteiger charge is 2.21. The average Bonchev–Trinajstić information content (AvgIpc) is 3.17. The van der Waals surface area contributed by atoms with Gasteiger partial charge in [-0.25, -0.2) is 13.4 Å². The molecule has 0 aliphatic heterocycles. The number of nitrogens with one attached hydrogen (secondary N) is 2. The van der Waals surface area contributed by atoms with E-state index in [1.165, 1.54) is 39.9 Å². The number of fused-ring (bicyclic) bond motifs is 1. The molecule has 3 rings (SSSR count). The summed E-state index contributed by atoms with van der Waals surface area (Å²) in [5, 5.41) is 0.520. The van der Waals surface area contributed by atoms with Gasteiger partial charge in [-0.3, -0.25) is 15.6 Å². The molecule has 3 aromatic rings. The fraction of sp³-hybridized carbons (Fsp3) is 0.300. The van der Waals surface area contributed by atoms with Crippen molar-refractivity contribution in [3.8, 4) is 5.75 Å². The summed E-state index contributed by atoms with van der Waals surface area (Å²) in [5.41, 5.74) is 6.46. The van der Waals surface area contributed by atoms with Gasteiger partial charge in [0.1, 0.15) is 11.3 Å². The summed E-state index contributed by atoms with van der Waals surface area (Å²) >= 11 is 1.39. The number of hydrazine groups is 1. The van der Waals surface area contributed by atoms with Crippen LogP contribution in [-0.2, 0) is 10.0 Å². The number of hydrogen-bond donors (Lipinski definition) is 2. The van der Waals surface area contributed by atoms with Crippen molar-refractivity contribution in [3.63, 3.8) is 0 Å². The third-order valence-corrected chi connectivity index (χ3v) is 7.42. The molecular weight excluding hydrogens is 424 g/mol. The lowest BCUT2D eigenvalue weighted by atomic mass is 10.2. The second-order valence-electron chi connectivity index (χ2n) is 6.25. The molecule has 2 N–H and O–H groups in total. The van der Waals surface area contributed by atoms with E-state index in [1.807, 2.05) is 25.1 Å². The van der Waals surface area contributed by atoms with Crippen LogP contribution in [0.15, 0.2) is 47.4 Å². The third-order valence-electron chi connectivity index (χ3n) is 4.42. The van der Waals surface area contributed by atoms with Crippen molar-refractivity contribution >= 4 is 42.6 Å². The first-order chi connectivity index (χ1) is 14.4. The number of amides is 1. The maximum atomic E-state index is 12.5. The molecule has 0 atom stereocenters. The molecule has 0 aliphatic carbocycles. The van der Waals surface area contributed by atoms with Gasteiger partial charge in [0.2, 0.25) is 15.2 Å². The molecule has 0 saturated carbocycles. The number of ether oxygens (including phenoxy) is 1. The van der Waals surface area contributed by atoms with E-state index in [4.69, 9.17) is 4.74 Å². The van der Waals surface area contributed by atoms with Gasteiger partial charge in [0.15, 0.2) is 0 Å². The van der Waals surface area contributed by atoms with Crippen LogP contribution in [0.1, 0.15) is 31.1 Å². The maximum absolute atomic E-state index is 12.5. The number of nitrogens with zero attached hydrogens (tertiary/aromatic N) is 2. The molecular formula is C20H24N4O4S2. The van der Waals surface area contributed by atoms with E-state index in [0.717, 1.165) is 10.2 Å². The minimum absolute atomic E-state index is 0.158. The molecule has 0 spiro atoms. The molecule has 0 fully saturated rings. The smallest absolute Gasteiger partial charge is 0.269 e. The van der Waals surface area contributed by atoms with E-state index in [1.54, 1.807) is 13.8 Å². The Bertz CT molecular complexity index is 1120. The van der Waals surface area contributed by atoms with Crippen molar-refractivity contribution in [3.05, 3.63) is 48.0 Å². The number of carbonyl (C=O) groups excluding carboxylic acids is 1. The zero-order valence-corrected chi connectivity index (χ0v) is 18.6. The van der Waals surface area contributed by atoms with E-state index in [9.17, 15) is 13.2 Å². The second kappa shape index (κ2) is 9.41. The Labute approximate surface area is 179 Å². The molecule has 0 aliphatic rings. The molecule has 30 heavy (non-hydrogen) atoms. The number of carbonyl (C=O) groups is 1. The monoisotopic (exact) mass is 448 g/mol. The topological polar surface area (TPSA) is 101 Å². The van der Waals surface area contributed by atoms with Gasteiger partial charge in [-0.2, -0.15) is 4.31 Å². The van der Waals surface area contributed by atoms with Crippen LogP contribution in [0.4, 0.5) is 5.13 Å². The number of para-hydroxylation sites is 1. The van der Waals surface area contributed by atoms with Gasteiger partial charge in [0, 0.05) is 18.7 Å². The van der Waals surface area contributed by atoms with Crippen molar-refractivity contribution in [2.45, 2.75) is 25.7 Å². The first kappa shape index (κ1) is 22.0. The maximum Gasteiger partial charge on any atom is 0.269 e. The Balaban J connectivity index is 1.70. The van der Waals surface area contributed by atoms with Crippen LogP contribution >= 0.6 is 11.3 Å². The van der Waals surface area contributed by atoms with Crippen LogP contribution in [-0.4, -0.2) is 43.3 Å². The number of benzene rings is 2. The number of sulfonamides is 1. The lowest BCUT2D eigenvalue weighted by Gasteiger charge is -2.18. The molecule has 1 amide bonds. The van der Waals surface area contributed by atoms with Crippen LogP contribution in [0.25, 0.3) is 10.2 Å². The Morgan fingerprint density at radius 1 is 1.10 bits per heavy atom. The summed E-state index contributed by atoms with van der Waals surface area (Å²) in [6.07, 6.45) is 0. The molecule has 0 saturated heterocycles. The Hall–Kier alpha value is -2.69. The van der Waals surface area contributed by atoms with Gasteiger partial charge in [0.05, 0.1) is 16.2 Å². The number of anilines is 1. The number of rotatable bonds is 9. The fourth-order valence-electron chi connectivity index (χ4n) is 2.92. The van der Waals surface area contributed by atoms with Gasteiger partial charge < -0.3 is 4.74 Å². The minimum atomic E-state index is -3.56. The summed E-state index contributed by atoms with van der Waals surface area (Å²) in [6, 6.07) is 11.5. The quantitative estimate of drug-likeness (QED) is 0.486. The highest BCUT2D eigenvalue weighted by atomic mass is 32.2. The number of thiazole rings is 1. The zero-order chi connectivity index (χ0) is 21.7. The van der Waals surface area contributed by atoms with Crippen molar-refractivity contribution < 1.29 is 17.9 Å². The summed E-state index contributed by atoms with van der Waals surface area (Å²) < 4.78 is 33.0. The van der Waals surface area contributed by atoms with Crippen LogP contribution in [0.2, 0.25) is 0 Å². The van der Waals surface area contributed by atoms with Crippen molar-refractivity contribution in [1.29, 1.82) is 0 Å². The van der Waals surface area contributed by atoms with Crippen LogP contribution < -0.4 is 15.6 Å². The van der Waals surface area contributed by atoms with Gasteiger partial charge in [-0.15, -0.1) is 0 Å². The molecule has 160 valence electrons. The lowest BCUT2D eigenvalue weighted by Crippen LogP contribution is -2.31. The summed E-state index contributed by atoms with van der Waals surface area (Å²) in [5.74, 6) is 0.293. The number of aromatic nitrogens is 1.